The van der Waals surface area contributed by atoms with Gasteiger partial charge in [0.1, 0.15) is 5.58 Å². The molecule has 0 radical (unpaired) electrons. The highest BCUT2D eigenvalue weighted by molar-refractivity contribution is 5.88. The van der Waals surface area contributed by atoms with Crippen LogP contribution in [0.15, 0.2) is 22.8 Å². The first-order chi connectivity index (χ1) is 12.8. The molecule has 1 aromatic heterocycles. The molecule has 1 fully saturated rings. The first-order valence-electron chi connectivity index (χ1n) is 9.64. The Labute approximate surface area is 158 Å². The number of likely N-dealkylation sites (tertiary alicyclic amines) is 1. The maximum Gasteiger partial charge on any atom is 0.251 e. The van der Waals surface area contributed by atoms with Crippen LogP contribution in [0.5, 0.6) is 0 Å². The van der Waals surface area contributed by atoms with Gasteiger partial charge in [-0.05, 0) is 48.9 Å². The van der Waals surface area contributed by atoms with E-state index in [1.165, 1.54) is 11.1 Å². The Morgan fingerprint density at radius 1 is 1.30 bits per heavy atom. The summed E-state index contributed by atoms with van der Waals surface area (Å²) < 4.78 is 30.5. The molecule has 1 aliphatic heterocycles. The Bertz CT molecular complexity index is 793. The van der Waals surface area contributed by atoms with Crippen LogP contribution in [0.1, 0.15) is 49.3 Å². The minimum absolute atomic E-state index is 0.0447. The van der Waals surface area contributed by atoms with Crippen LogP contribution in [0.3, 0.4) is 0 Å². The molecule has 6 heteroatoms. The van der Waals surface area contributed by atoms with Crippen molar-refractivity contribution < 1.29 is 18.0 Å². The molecule has 1 N–H and O–H groups in total. The predicted octanol–water partition coefficient (Wildman–Crippen LogP) is 4.25. The summed E-state index contributed by atoms with van der Waals surface area (Å²) in [6.45, 7) is 7.40. The van der Waals surface area contributed by atoms with E-state index in [4.69, 9.17) is 4.42 Å². The highest BCUT2D eigenvalue weighted by Gasteiger charge is 2.23. The number of aryl methyl sites for hydroxylation is 1. The number of hydrogen-bond donors (Lipinski definition) is 1. The van der Waals surface area contributed by atoms with Gasteiger partial charge in [0.15, 0.2) is 0 Å². The largest absolute Gasteiger partial charge is 0.464 e. The van der Waals surface area contributed by atoms with Gasteiger partial charge >= 0.3 is 0 Å². The zero-order chi connectivity index (χ0) is 19.6. The van der Waals surface area contributed by atoms with E-state index >= 15 is 0 Å². The van der Waals surface area contributed by atoms with Crippen molar-refractivity contribution >= 4 is 16.9 Å². The zero-order valence-corrected chi connectivity index (χ0v) is 16.2. The maximum absolute atomic E-state index is 12.5. The molecule has 0 saturated carbocycles. The Morgan fingerprint density at radius 2 is 2.00 bits per heavy atom. The summed E-state index contributed by atoms with van der Waals surface area (Å²) in [6.07, 6.45) is 1.05. The smallest absolute Gasteiger partial charge is 0.251 e. The highest BCUT2D eigenvalue weighted by atomic mass is 19.3. The number of piperidine rings is 1. The summed E-state index contributed by atoms with van der Waals surface area (Å²) in [5.74, 6) is 0.362. The Kier molecular flexibility index (Phi) is 6.15. The second-order valence-corrected chi connectivity index (χ2v) is 7.83. The fourth-order valence-electron chi connectivity index (χ4n) is 3.91. The normalized spacial score (nSPS) is 16.6. The molecule has 1 aromatic carbocycles. The van der Waals surface area contributed by atoms with Crippen molar-refractivity contribution in [3.63, 3.8) is 0 Å². The van der Waals surface area contributed by atoms with Crippen LogP contribution in [0.25, 0.3) is 11.0 Å². The van der Waals surface area contributed by atoms with E-state index in [9.17, 15) is 13.6 Å². The van der Waals surface area contributed by atoms with Crippen LogP contribution >= 0.6 is 0 Å². The molecule has 1 aliphatic rings. The van der Waals surface area contributed by atoms with Crippen molar-refractivity contribution in [2.24, 2.45) is 0 Å². The number of nitrogens with one attached hydrogen (secondary N) is 1. The number of furan rings is 1. The maximum atomic E-state index is 12.5. The van der Waals surface area contributed by atoms with Gasteiger partial charge in [-0.2, -0.15) is 0 Å². The van der Waals surface area contributed by atoms with Gasteiger partial charge in [0.05, 0.1) is 19.2 Å². The predicted molar refractivity (Wildman–Crippen MR) is 102 cm³/mol. The van der Waals surface area contributed by atoms with Crippen molar-refractivity contribution in [1.82, 2.24) is 10.2 Å². The third-order valence-corrected chi connectivity index (χ3v) is 5.36. The van der Waals surface area contributed by atoms with Crippen molar-refractivity contribution in [3.05, 3.63) is 35.1 Å². The number of alkyl halides is 2. The molecule has 0 bridgehead atoms. The van der Waals surface area contributed by atoms with Gasteiger partial charge in [-0.1, -0.05) is 13.8 Å². The first-order valence-corrected chi connectivity index (χ1v) is 9.64. The average molecular weight is 378 g/mol. The second-order valence-electron chi connectivity index (χ2n) is 7.83. The minimum Gasteiger partial charge on any atom is -0.464 e. The van der Waals surface area contributed by atoms with E-state index in [-0.39, 0.29) is 24.9 Å². The SMILES string of the molecule is Cc1cc2occ(CC(=O)NC3CCN(CC(F)F)CC3)c2cc1C(C)C. The standard InChI is InChI=1S/C21H28F2N2O2/c1-13(2)17-10-18-15(12-27-19(18)8-14(17)3)9-21(26)24-16-4-6-25(7-5-16)11-20(22)23/h8,10,12-13,16,20H,4-7,9,11H2,1-3H3,(H,24,26). The molecular weight excluding hydrogens is 350 g/mol. The molecule has 2 heterocycles. The fourth-order valence-corrected chi connectivity index (χ4v) is 3.91. The number of fused-ring (bicyclic) bond motifs is 1. The summed E-state index contributed by atoms with van der Waals surface area (Å²) in [5, 5.41) is 4.04. The lowest BCUT2D eigenvalue weighted by atomic mass is 9.95. The molecule has 4 nitrogen and oxygen atoms in total. The molecule has 148 valence electrons. The molecule has 1 amide bonds. The van der Waals surface area contributed by atoms with Crippen molar-refractivity contribution in [3.8, 4) is 0 Å². The van der Waals surface area contributed by atoms with E-state index in [0.717, 1.165) is 16.5 Å². The second kappa shape index (κ2) is 8.38. The molecular formula is C21H28F2N2O2. The Morgan fingerprint density at radius 3 is 2.63 bits per heavy atom. The van der Waals surface area contributed by atoms with Crippen LogP contribution in [-0.4, -0.2) is 42.9 Å². The zero-order valence-electron chi connectivity index (χ0n) is 16.2. The van der Waals surface area contributed by atoms with Gasteiger partial charge < -0.3 is 9.73 Å². The number of hydrogen-bond acceptors (Lipinski definition) is 3. The van der Waals surface area contributed by atoms with Crippen LogP contribution in [-0.2, 0) is 11.2 Å². The molecule has 0 unspecified atom stereocenters. The lowest BCUT2D eigenvalue weighted by molar-refractivity contribution is -0.121. The lowest BCUT2D eigenvalue weighted by Gasteiger charge is -2.32. The molecule has 0 aliphatic carbocycles. The van der Waals surface area contributed by atoms with Crippen molar-refractivity contribution in [2.75, 3.05) is 19.6 Å². The Hall–Kier alpha value is -1.95. The molecule has 0 spiro atoms. The minimum atomic E-state index is -2.30. The van der Waals surface area contributed by atoms with Gasteiger partial charge in [-0.25, -0.2) is 8.78 Å². The van der Waals surface area contributed by atoms with E-state index in [1.807, 2.05) is 6.07 Å². The van der Waals surface area contributed by atoms with E-state index < -0.39 is 6.43 Å². The van der Waals surface area contributed by atoms with Crippen LogP contribution in [0.2, 0.25) is 0 Å². The molecule has 2 aromatic rings. The van der Waals surface area contributed by atoms with Crippen LogP contribution < -0.4 is 5.32 Å². The van der Waals surface area contributed by atoms with Crippen molar-refractivity contribution in [2.45, 2.75) is 58.4 Å². The highest BCUT2D eigenvalue weighted by Crippen LogP contribution is 2.29. The summed E-state index contributed by atoms with van der Waals surface area (Å²) in [5.41, 5.74) is 4.15. The number of halogens is 2. The fraction of sp³-hybridized carbons (Fsp3) is 0.571. The van der Waals surface area contributed by atoms with Gasteiger partial charge in [-0.3, -0.25) is 9.69 Å². The number of rotatable bonds is 6. The lowest BCUT2D eigenvalue weighted by Crippen LogP contribution is -2.46. The summed E-state index contributed by atoms with van der Waals surface area (Å²) >= 11 is 0. The molecule has 1 saturated heterocycles. The quantitative estimate of drug-likeness (QED) is 0.817. The summed E-state index contributed by atoms with van der Waals surface area (Å²) in [7, 11) is 0. The molecule has 27 heavy (non-hydrogen) atoms. The number of nitrogens with zero attached hydrogens (tertiary/aromatic N) is 1. The number of carbonyl (C=O) groups is 1. The molecule has 3 rings (SSSR count). The number of amides is 1. The van der Waals surface area contributed by atoms with E-state index in [1.54, 1.807) is 11.2 Å². The topological polar surface area (TPSA) is 45.5 Å². The monoisotopic (exact) mass is 378 g/mol. The average Bonchev–Trinajstić information content (AvgIpc) is 2.96. The van der Waals surface area contributed by atoms with E-state index in [0.29, 0.717) is 31.8 Å². The van der Waals surface area contributed by atoms with Gasteiger partial charge in [0, 0.05) is 30.1 Å². The summed E-state index contributed by atoms with van der Waals surface area (Å²) in [4.78, 5) is 14.2. The van der Waals surface area contributed by atoms with E-state index in [2.05, 4.69) is 32.2 Å². The first kappa shape index (κ1) is 19.8. The third kappa shape index (κ3) is 4.86. The van der Waals surface area contributed by atoms with Gasteiger partial charge in [0.2, 0.25) is 5.91 Å². The van der Waals surface area contributed by atoms with Crippen LogP contribution in [0, 0.1) is 6.92 Å². The third-order valence-electron chi connectivity index (χ3n) is 5.36. The number of benzene rings is 1. The van der Waals surface area contributed by atoms with Gasteiger partial charge in [-0.15, -0.1) is 0 Å². The number of carbonyl (C=O) groups excluding carboxylic acids is 1. The van der Waals surface area contributed by atoms with Crippen molar-refractivity contribution in [1.29, 1.82) is 0 Å². The van der Waals surface area contributed by atoms with Gasteiger partial charge in [0.25, 0.3) is 6.43 Å². The Balaban J connectivity index is 1.61. The summed E-state index contributed by atoms with van der Waals surface area (Å²) in [6, 6.07) is 4.22. The molecule has 0 atom stereocenters. The van der Waals surface area contributed by atoms with Crippen LogP contribution in [0.4, 0.5) is 8.78 Å².